The zero-order chi connectivity index (χ0) is 28.8. The van der Waals surface area contributed by atoms with Gasteiger partial charge in [0.1, 0.15) is 22.8 Å². The van der Waals surface area contributed by atoms with Crippen LogP contribution in [0.4, 0.5) is 5.69 Å². The maximum atomic E-state index is 12.4. The number of aliphatic imine (C=N–C) groups is 1. The fourth-order valence-electron chi connectivity index (χ4n) is 4.76. The predicted octanol–water partition coefficient (Wildman–Crippen LogP) is 6.62. The number of nitrogens with zero attached hydrogens (tertiary/aromatic N) is 2. The first-order valence-electron chi connectivity index (χ1n) is 12.1. The van der Waals surface area contributed by atoms with Crippen molar-refractivity contribution in [3.05, 3.63) is 111 Å². The first kappa shape index (κ1) is 25.7. The minimum atomic E-state index is -1.19. The van der Waals surface area contributed by atoms with Crippen LogP contribution in [-0.4, -0.2) is 38.5 Å². The van der Waals surface area contributed by atoms with Gasteiger partial charge in [0, 0.05) is 34.2 Å². The quantitative estimate of drug-likeness (QED) is 0.156. The van der Waals surface area contributed by atoms with Gasteiger partial charge in [0.05, 0.1) is 27.4 Å². The lowest BCUT2D eigenvalue weighted by atomic mass is 9.90. The van der Waals surface area contributed by atoms with Gasteiger partial charge in [0.2, 0.25) is 5.43 Å². The molecule has 200 valence electrons. The summed E-state index contributed by atoms with van der Waals surface area (Å²) in [5, 5.41) is 31.2. The number of fused-ring (bicyclic) bond motifs is 3. The maximum absolute atomic E-state index is 12.4. The summed E-state index contributed by atoms with van der Waals surface area (Å²) in [5.41, 5.74) is 1.54. The van der Waals surface area contributed by atoms with E-state index in [2.05, 4.69) is 9.98 Å². The summed E-state index contributed by atoms with van der Waals surface area (Å²) in [4.78, 5) is 44.8. The number of carbonyl (C=O) groups is 2. The highest BCUT2D eigenvalue weighted by molar-refractivity contribution is 6.31. The number of hydrogen-bond donors (Lipinski definition) is 3. The van der Waals surface area contributed by atoms with Crippen LogP contribution in [0.1, 0.15) is 26.4 Å². The van der Waals surface area contributed by atoms with Gasteiger partial charge in [0.25, 0.3) is 0 Å². The first-order chi connectivity index (χ1) is 19.7. The van der Waals surface area contributed by atoms with E-state index in [0.717, 1.165) is 0 Å². The van der Waals surface area contributed by atoms with Crippen molar-refractivity contribution in [2.75, 3.05) is 0 Å². The molecule has 2 heterocycles. The van der Waals surface area contributed by atoms with Gasteiger partial charge in [0.15, 0.2) is 0 Å². The van der Waals surface area contributed by atoms with Crippen LogP contribution in [0.5, 0.6) is 5.75 Å². The molecule has 10 heteroatoms. The number of benzene rings is 4. The van der Waals surface area contributed by atoms with E-state index < -0.39 is 17.4 Å². The molecule has 1 aliphatic heterocycles. The molecule has 9 nitrogen and oxygen atoms in total. The van der Waals surface area contributed by atoms with Crippen LogP contribution in [0, 0.1) is 0 Å². The first-order valence-corrected chi connectivity index (χ1v) is 12.5. The Bertz CT molecular complexity index is 2120. The van der Waals surface area contributed by atoms with E-state index in [1.165, 1.54) is 36.5 Å². The molecular formula is C31H17ClN2O7. The lowest BCUT2D eigenvalue weighted by Crippen LogP contribution is -2.05. The lowest BCUT2D eigenvalue weighted by molar-refractivity contribution is 0.0683. The Morgan fingerprint density at radius 1 is 0.902 bits per heavy atom. The molecule has 4 aromatic rings. The van der Waals surface area contributed by atoms with Crippen LogP contribution in [-0.2, 0) is 0 Å². The van der Waals surface area contributed by atoms with Gasteiger partial charge in [-0.25, -0.2) is 14.6 Å². The lowest BCUT2D eigenvalue weighted by Gasteiger charge is -2.18. The van der Waals surface area contributed by atoms with Gasteiger partial charge < -0.3 is 19.7 Å². The molecule has 41 heavy (non-hydrogen) atoms. The fourth-order valence-corrected chi connectivity index (χ4v) is 4.92. The molecule has 0 bridgehead atoms. The molecule has 0 spiro atoms. The molecule has 0 unspecified atom stereocenters. The third-order valence-corrected chi connectivity index (χ3v) is 6.93. The minimum Gasteiger partial charge on any atom is -0.507 e. The Morgan fingerprint density at radius 3 is 2.49 bits per heavy atom. The highest BCUT2D eigenvalue weighted by Crippen LogP contribution is 2.44. The Balaban J connectivity index is 1.66. The minimum absolute atomic E-state index is 0.0166. The normalized spacial score (nSPS) is 11.5. The summed E-state index contributed by atoms with van der Waals surface area (Å²) in [6.45, 7) is 0. The summed E-state index contributed by atoms with van der Waals surface area (Å²) in [7, 11) is 0. The molecule has 6 rings (SSSR count). The average molecular weight is 565 g/mol. The second kappa shape index (κ2) is 9.89. The maximum Gasteiger partial charge on any atom is 0.354 e. The van der Waals surface area contributed by atoms with Crippen LogP contribution in [0.2, 0.25) is 5.02 Å². The van der Waals surface area contributed by atoms with Gasteiger partial charge in [-0.05, 0) is 42.0 Å². The van der Waals surface area contributed by atoms with Crippen LogP contribution in [0.3, 0.4) is 0 Å². The largest absolute Gasteiger partial charge is 0.507 e. The van der Waals surface area contributed by atoms with E-state index in [-0.39, 0.29) is 38.9 Å². The van der Waals surface area contributed by atoms with Crippen molar-refractivity contribution in [2.24, 2.45) is 4.99 Å². The molecule has 2 aliphatic rings. The van der Waals surface area contributed by atoms with Crippen LogP contribution >= 0.6 is 11.6 Å². The number of pyridine rings is 1. The van der Waals surface area contributed by atoms with E-state index in [1.807, 2.05) is 0 Å². The van der Waals surface area contributed by atoms with E-state index in [1.54, 1.807) is 48.5 Å². The third-order valence-electron chi connectivity index (χ3n) is 6.64. The molecule has 1 aromatic heterocycles. The van der Waals surface area contributed by atoms with Crippen molar-refractivity contribution < 1.29 is 29.3 Å². The number of carboxylic acid groups (broad SMARTS) is 2. The second-order valence-corrected chi connectivity index (χ2v) is 9.50. The van der Waals surface area contributed by atoms with Gasteiger partial charge in [-0.3, -0.25) is 9.79 Å². The van der Waals surface area contributed by atoms with Crippen molar-refractivity contribution in [3.8, 4) is 28.2 Å². The van der Waals surface area contributed by atoms with E-state index in [0.29, 0.717) is 38.7 Å². The number of halogens is 1. The van der Waals surface area contributed by atoms with E-state index in [9.17, 15) is 29.7 Å². The number of hydrogen-bond acceptors (Lipinski definition) is 7. The van der Waals surface area contributed by atoms with Crippen molar-refractivity contribution in [3.63, 3.8) is 0 Å². The van der Waals surface area contributed by atoms with Gasteiger partial charge in [-0.1, -0.05) is 48.0 Å². The standard InChI is InChI=1S/C31H17ClN2O7/c32-21-12-19-26(13-25(21)36)41-29-18(27(19)16-5-1-2-6-17(16)30(37)38)9-11-24(35)20(29)14-33-22-7-3-4-15-8-10-23(31(39)40)34-28(15)22/h1-14,35H,(H,37,38)(H,39,40)/b33-14+. The van der Waals surface area contributed by atoms with Crippen LogP contribution in [0.25, 0.3) is 44.3 Å². The van der Waals surface area contributed by atoms with E-state index >= 15 is 0 Å². The monoisotopic (exact) mass is 564 g/mol. The molecule has 0 fully saturated rings. The Hall–Kier alpha value is -5.54. The van der Waals surface area contributed by atoms with Crippen LogP contribution < -0.4 is 5.43 Å². The number of phenols is 1. The Labute approximate surface area is 235 Å². The smallest absolute Gasteiger partial charge is 0.354 e. The van der Waals surface area contributed by atoms with Crippen molar-refractivity contribution in [1.29, 1.82) is 0 Å². The molecule has 3 N–H and O–H groups in total. The number of carboxylic acids is 2. The second-order valence-electron chi connectivity index (χ2n) is 9.09. The Morgan fingerprint density at radius 2 is 1.71 bits per heavy atom. The van der Waals surface area contributed by atoms with Crippen molar-refractivity contribution >= 4 is 57.3 Å². The third kappa shape index (κ3) is 4.44. The summed E-state index contributed by atoms with van der Waals surface area (Å²) in [6, 6.07) is 20.2. The summed E-state index contributed by atoms with van der Waals surface area (Å²) >= 11 is 6.18. The summed E-state index contributed by atoms with van der Waals surface area (Å²) in [6.07, 6.45) is 1.35. The SMILES string of the molecule is O=C(O)c1ccc2cccc(/N=C/c3c(O)ccc4c(-c5ccccc5C(=O)O)c5cc(Cl)c(=O)cc-5oc34)c2n1. The highest BCUT2D eigenvalue weighted by Gasteiger charge is 2.24. The van der Waals surface area contributed by atoms with Crippen LogP contribution in [0.15, 0.2) is 93.1 Å². The number of para-hydroxylation sites is 1. The molecular weight excluding hydrogens is 548 g/mol. The van der Waals surface area contributed by atoms with E-state index in [4.69, 9.17) is 16.0 Å². The topological polar surface area (TPSA) is 150 Å². The van der Waals surface area contributed by atoms with Crippen molar-refractivity contribution in [1.82, 2.24) is 4.98 Å². The molecule has 3 aromatic carbocycles. The average Bonchev–Trinajstić information content (AvgIpc) is 2.96. The Kier molecular flexibility index (Phi) is 6.20. The molecule has 0 amide bonds. The van der Waals surface area contributed by atoms with Gasteiger partial charge in [-0.15, -0.1) is 0 Å². The fraction of sp³-hybridized carbons (Fsp3) is 0. The summed E-state index contributed by atoms with van der Waals surface area (Å²) < 4.78 is 6.13. The highest BCUT2D eigenvalue weighted by atomic mass is 35.5. The van der Waals surface area contributed by atoms with Gasteiger partial charge in [-0.2, -0.15) is 0 Å². The molecule has 0 atom stereocenters. The predicted molar refractivity (Wildman–Crippen MR) is 154 cm³/mol. The zero-order valence-corrected chi connectivity index (χ0v) is 21.6. The summed E-state index contributed by atoms with van der Waals surface area (Å²) in [5.74, 6) is -2.41. The number of aromatic carboxylic acids is 2. The molecule has 0 saturated heterocycles. The molecule has 0 saturated carbocycles. The van der Waals surface area contributed by atoms with Crippen molar-refractivity contribution in [2.45, 2.75) is 0 Å². The van der Waals surface area contributed by atoms with Gasteiger partial charge >= 0.3 is 11.9 Å². The molecule has 1 aliphatic carbocycles. The number of aromatic nitrogens is 1. The zero-order valence-electron chi connectivity index (χ0n) is 20.8. The molecule has 0 radical (unpaired) electrons. The number of phenolic OH excluding ortho intramolecular Hbond substituents is 1. The number of aromatic hydroxyl groups is 1. The number of rotatable bonds is 5.